The number of amides is 2. The summed E-state index contributed by atoms with van der Waals surface area (Å²) in [5.41, 5.74) is 2.14. The Balaban J connectivity index is 1.35. The van der Waals surface area contributed by atoms with E-state index in [1.54, 1.807) is 19.4 Å². The molecule has 67 heavy (non-hydrogen) atoms. The summed E-state index contributed by atoms with van der Waals surface area (Å²) in [6.07, 6.45) is 11.5. The molecule has 0 unspecified atom stereocenters. The second-order valence-corrected chi connectivity index (χ2v) is 19.8. The van der Waals surface area contributed by atoms with E-state index in [9.17, 15) is 39.6 Å². The van der Waals surface area contributed by atoms with Crippen LogP contribution in [0.4, 0.5) is 0 Å². The summed E-state index contributed by atoms with van der Waals surface area (Å²) in [6.45, 7) is -0.0780. The number of allylic oxidation sites excluding steroid dienone is 1. The molecule has 17 heteroatoms. The number of carboxylic acids is 2. The predicted molar refractivity (Wildman–Crippen MR) is 251 cm³/mol. The van der Waals surface area contributed by atoms with Crippen LogP contribution in [0.25, 0.3) is 0 Å². The molecule has 1 fully saturated rings. The molecule has 1 aromatic heterocycles. The van der Waals surface area contributed by atoms with Crippen molar-refractivity contribution in [1.82, 2.24) is 31.6 Å². The lowest BCUT2D eigenvalue weighted by atomic mass is 9.58. The van der Waals surface area contributed by atoms with Gasteiger partial charge in [0.25, 0.3) is 0 Å². The standard InChI is InChI=1S/C50H64N6O10S/c1-51-30-54-50(65,46(62)63)24-17-38(57)55-37(43(58)56-44(59)45(60)61)29-67-42-41-40-34(13-4-3-7-20-48(42)21-8-9-22-48)28-35(27-31-18-25-53-26-19-31)39-36(52-2)16-15-33-12-6-5-11-32(33)14-10-23-49(39,40)47(64)66-41/h5-6,11-12,18-19,25-26,34,36-37,42,44,51-52,54,59,65H,3-4,7-9,13-17,20-22,24,27-30H2,1-2H3,(H,55,57)(H,56,58)(H,60,61)(H,62,63)/t34-,36+,37+,42+,44+,49-,50-/m1/s1. The molecule has 2 aromatic rings. The molecule has 16 nitrogen and oxygen atoms in total. The average molecular weight is 941 g/mol. The van der Waals surface area contributed by atoms with Crippen LogP contribution in [0.2, 0.25) is 0 Å². The van der Waals surface area contributed by atoms with Crippen LogP contribution in [-0.4, -0.2) is 111 Å². The number of carbonyl (C=O) groups excluding carboxylic acids is 3. The number of thioether (sulfide) groups is 1. The number of aliphatic carboxylic acids is 2. The van der Waals surface area contributed by atoms with Crippen LogP contribution in [0, 0.1) is 28.6 Å². The Bertz CT molecular complexity index is 2310. The van der Waals surface area contributed by atoms with Crippen LogP contribution in [0.1, 0.15) is 100 Å². The van der Waals surface area contributed by atoms with Crippen molar-refractivity contribution in [2.45, 2.75) is 132 Å². The molecule has 1 aromatic carbocycles. The molecule has 1 saturated carbocycles. The van der Waals surface area contributed by atoms with E-state index in [1.165, 1.54) is 17.3 Å². The van der Waals surface area contributed by atoms with E-state index in [-0.39, 0.29) is 29.8 Å². The zero-order valence-electron chi connectivity index (χ0n) is 38.3. The number of hydrogen-bond donors (Lipinski definition) is 9. The lowest BCUT2D eigenvalue weighted by Gasteiger charge is -2.44. The fourth-order valence-electron chi connectivity index (χ4n) is 11.1. The quantitative estimate of drug-likeness (QED) is 0.0477. The van der Waals surface area contributed by atoms with Gasteiger partial charge in [0.15, 0.2) is 5.41 Å². The Morgan fingerprint density at radius 1 is 0.955 bits per heavy atom. The van der Waals surface area contributed by atoms with Crippen molar-refractivity contribution >= 4 is 41.5 Å². The highest BCUT2D eigenvalue weighted by atomic mass is 32.2. The van der Waals surface area contributed by atoms with Crippen LogP contribution in [0.5, 0.6) is 0 Å². The number of esters is 1. The molecule has 2 amide bonds. The summed E-state index contributed by atoms with van der Waals surface area (Å²) < 4.78 is 6.84. The van der Waals surface area contributed by atoms with Crippen molar-refractivity contribution in [3.05, 3.63) is 88.0 Å². The predicted octanol–water partition coefficient (Wildman–Crippen LogP) is 3.47. The number of aromatic nitrogens is 1. The topological polar surface area (TPSA) is 249 Å². The smallest absolute Gasteiger partial charge is 0.353 e. The zero-order valence-corrected chi connectivity index (χ0v) is 39.1. The molecule has 7 atom stereocenters. The van der Waals surface area contributed by atoms with Gasteiger partial charge in [-0.2, -0.15) is 0 Å². The van der Waals surface area contributed by atoms with Crippen molar-refractivity contribution in [1.29, 1.82) is 0 Å². The fraction of sp³-hybridized carbons (Fsp3) is 0.560. The minimum absolute atomic E-state index is 0.0780. The third-order valence-electron chi connectivity index (χ3n) is 14.4. The Morgan fingerprint density at radius 3 is 2.36 bits per heavy atom. The molecule has 5 aliphatic rings. The lowest BCUT2D eigenvalue weighted by Crippen LogP contribution is -2.56. The maximum atomic E-state index is 15.5. The first kappa shape index (κ1) is 49.8. The Labute approximate surface area is 396 Å². The highest BCUT2D eigenvalue weighted by Crippen LogP contribution is 2.62. The SMILES string of the molecule is CNCN[C@@](O)(CCC(=O)N[C@@H](CS[C@H]1C2=C3[C@H](CCCCCC14CCCC4)CC(Cc1ccncc1)=C1[C@@H](NC)CCc4ccccc4CC#C[C@]31C(=O)O2)C(=O)N[C@@H](O)C(=O)O)C(=O)O. The highest BCUT2D eigenvalue weighted by molar-refractivity contribution is 8.00. The number of ether oxygens (including phenoxy) is 1. The van der Waals surface area contributed by atoms with Crippen LogP contribution in [-0.2, 0) is 48.0 Å². The van der Waals surface area contributed by atoms with Crippen molar-refractivity contribution < 1.29 is 49.1 Å². The normalized spacial score (nSPS) is 25.2. The van der Waals surface area contributed by atoms with Crippen LogP contribution < -0.4 is 26.6 Å². The number of fused-ring (bicyclic) bond motifs is 1. The number of likely N-dealkylation sites (N-methyl/N-ethyl adjacent to an activating group) is 1. The first-order chi connectivity index (χ1) is 32.2. The van der Waals surface area contributed by atoms with E-state index < -0.39 is 71.2 Å². The largest absolute Gasteiger partial charge is 0.478 e. The van der Waals surface area contributed by atoms with E-state index >= 15 is 4.79 Å². The Morgan fingerprint density at radius 2 is 1.67 bits per heavy atom. The second kappa shape index (κ2) is 21.9. The molecule has 360 valence electrons. The monoisotopic (exact) mass is 940 g/mol. The number of aliphatic hydroxyl groups is 2. The summed E-state index contributed by atoms with van der Waals surface area (Å²) in [4.78, 5) is 71.0. The van der Waals surface area contributed by atoms with Crippen molar-refractivity contribution in [2.75, 3.05) is 26.5 Å². The zero-order chi connectivity index (χ0) is 47.8. The highest BCUT2D eigenvalue weighted by Gasteiger charge is 2.62. The van der Waals surface area contributed by atoms with Gasteiger partial charge in [0.05, 0.1) is 5.25 Å². The number of rotatable bonds is 17. The number of nitrogens with zero attached hydrogens (tertiary/aromatic N) is 1. The number of carboxylic acid groups (broad SMARTS) is 2. The molecular formula is C50H64N6O10S. The van der Waals surface area contributed by atoms with Gasteiger partial charge in [-0.3, -0.25) is 19.9 Å². The van der Waals surface area contributed by atoms with Gasteiger partial charge in [0, 0.05) is 55.7 Å². The van der Waals surface area contributed by atoms with Crippen molar-refractivity contribution in [3.63, 3.8) is 0 Å². The van der Waals surface area contributed by atoms with E-state index in [0.717, 1.165) is 92.1 Å². The van der Waals surface area contributed by atoms with E-state index in [0.29, 0.717) is 31.4 Å². The van der Waals surface area contributed by atoms with Gasteiger partial charge in [0.2, 0.25) is 23.8 Å². The first-order valence-corrected chi connectivity index (χ1v) is 24.6. The third kappa shape index (κ3) is 10.8. The number of aryl methyl sites for hydroxylation is 1. The second-order valence-electron chi connectivity index (χ2n) is 18.6. The molecule has 9 N–H and O–H groups in total. The summed E-state index contributed by atoms with van der Waals surface area (Å²) >= 11 is 1.37. The first-order valence-electron chi connectivity index (χ1n) is 23.5. The van der Waals surface area contributed by atoms with Crippen LogP contribution >= 0.6 is 11.8 Å². The Hall–Kier alpha value is -5.09. The number of pyridine rings is 1. The van der Waals surface area contributed by atoms with E-state index in [4.69, 9.17) is 4.74 Å². The maximum Gasteiger partial charge on any atom is 0.353 e. The van der Waals surface area contributed by atoms with Gasteiger partial charge < -0.3 is 46.4 Å². The van der Waals surface area contributed by atoms with E-state index in [2.05, 4.69) is 55.5 Å². The lowest BCUT2D eigenvalue weighted by molar-refractivity contribution is -0.164. The molecule has 4 aliphatic carbocycles. The van der Waals surface area contributed by atoms with Gasteiger partial charge in [-0.05, 0) is 111 Å². The van der Waals surface area contributed by atoms with Crippen molar-refractivity contribution in [3.8, 4) is 11.8 Å². The molecule has 0 radical (unpaired) electrons. The summed E-state index contributed by atoms with van der Waals surface area (Å²) in [6, 6.07) is 10.7. The maximum absolute atomic E-state index is 15.5. The number of hydrogen-bond acceptors (Lipinski definition) is 13. The minimum Gasteiger partial charge on any atom is -0.478 e. The van der Waals surface area contributed by atoms with Gasteiger partial charge in [-0.1, -0.05) is 73.8 Å². The van der Waals surface area contributed by atoms with Gasteiger partial charge in [0.1, 0.15) is 11.8 Å². The molecule has 0 bridgehead atoms. The molecular weight excluding hydrogens is 877 g/mol. The average Bonchev–Trinajstić information content (AvgIpc) is 3.91. The molecule has 2 spiro atoms. The molecule has 1 aliphatic heterocycles. The summed E-state index contributed by atoms with van der Waals surface area (Å²) in [7, 11) is 3.48. The molecule has 7 rings (SSSR count). The molecule has 2 heterocycles. The van der Waals surface area contributed by atoms with Gasteiger partial charge in [-0.25, -0.2) is 14.4 Å². The number of carbonyl (C=O) groups is 5. The summed E-state index contributed by atoms with van der Waals surface area (Å²) in [5, 5.41) is 53.3. The van der Waals surface area contributed by atoms with Gasteiger partial charge >= 0.3 is 17.9 Å². The van der Waals surface area contributed by atoms with Gasteiger partial charge in [-0.15, -0.1) is 11.8 Å². The minimum atomic E-state index is -2.47. The fourth-order valence-corrected chi connectivity index (χ4v) is 12.8. The van der Waals surface area contributed by atoms with Crippen molar-refractivity contribution in [2.24, 2.45) is 16.7 Å². The number of benzene rings is 1. The number of aliphatic hydroxyl groups excluding tert-OH is 1. The van der Waals surface area contributed by atoms with Crippen LogP contribution in [0.3, 0.4) is 0 Å². The summed E-state index contributed by atoms with van der Waals surface area (Å²) in [5.74, 6) is 2.01. The van der Waals surface area contributed by atoms with Crippen LogP contribution in [0.15, 0.2) is 71.3 Å². The van der Waals surface area contributed by atoms with E-state index in [1.807, 2.05) is 31.3 Å². The third-order valence-corrected chi connectivity index (χ3v) is 16.0. The Kier molecular flexibility index (Phi) is 16.3. The molecule has 0 saturated heterocycles. The number of nitrogens with one attached hydrogen (secondary N) is 5.